The Kier molecular flexibility index (Phi) is 5.21. The topological polar surface area (TPSA) is 9.86 Å². The van der Waals surface area contributed by atoms with E-state index in [-0.39, 0.29) is 5.41 Å². The highest BCUT2D eigenvalue weighted by Gasteiger charge is 2.36. The van der Waals surface area contributed by atoms with Gasteiger partial charge in [0.1, 0.15) is 0 Å². The van der Waals surface area contributed by atoms with Crippen LogP contribution in [-0.2, 0) is 19.5 Å². The summed E-state index contributed by atoms with van der Waals surface area (Å²) in [5, 5.41) is 2.91. The zero-order valence-corrected chi connectivity index (χ0v) is 23.4. The first-order chi connectivity index (χ1) is 15.2. The molecule has 0 fully saturated rings. The molecule has 0 N–H and O–H groups in total. The van der Waals surface area contributed by atoms with Gasteiger partial charge in [0.25, 0.3) is 0 Å². The second-order valence-corrected chi connectivity index (χ2v) is 11.1. The molecule has 0 saturated carbocycles. The Balaban J connectivity index is 2.25. The van der Waals surface area contributed by atoms with Gasteiger partial charge in [0, 0.05) is 41.7 Å². The molecular formula is C31H42N2. The lowest BCUT2D eigenvalue weighted by atomic mass is 9.73. The van der Waals surface area contributed by atoms with Gasteiger partial charge in [-0.15, -0.1) is 0 Å². The van der Waals surface area contributed by atoms with E-state index in [0.717, 1.165) is 0 Å². The molecule has 0 bridgehead atoms. The smallest absolute Gasteiger partial charge is 0.0518 e. The summed E-state index contributed by atoms with van der Waals surface area (Å²) in [5.41, 5.74) is 19.7. The summed E-state index contributed by atoms with van der Waals surface area (Å²) in [6, 6.07) is 0. The number of aryl methyl sites for hydroxylation is 6. The Morgan fingerprint density at radius 2 is 0.697 bits per heavy atom. The quantitative estimate of drug-likeness (QED) is 0.297. The Morgan fingerprint density at radius 1 is 0.424 bits per heavy atom. The molecule has 2 heterocycles. The highest BCUT2D eigenvalue weighted by atomic mass is 15.0. The van der Waals surface area contributed by atoms with Crippen LogP contribution in [0, 0.1) is 69.2 Å². The third kappa shape index (κ3) is 2.79. The van der Waals surface area contributed by atoms with E-state index in [0.29, 0.717) is 0 Å². The van der Waals surface area contributed by atoms with E-state index in [4.69, 9.17) is 0 Å². The second kappa shape index (κ2) is 7.26. The van der Waals surface area contributed by atoms with E-state index >= 15 is 0 Å². The van der Waals surface area contributed by atoms with Gasteiger partial charge in [-0.05, 0) is 125 Å². The number of aromatic nitrogens is 2. The van der Waals surface area contributed by atoms with Crippen LogP contribution in [0.25, 0.3) is 21.8 Å². The van der Waals surface area contributed by atoms with Gasteiger partial charge in [-0.25, -0.2) is 0 Å². The maximum Gasteiger partial charge on any atom is 0.0518 e. The normalized spacial score (nSPS) is 12.5. The van der Waals surface area contributed by atoms with Crippen molar-refractivity contribution in [2.24, 2.45) is 14.1 Å². The number of rotatable bonds is 2. The van der Waals surface area contributed by atoms with Crippen molar-refractivity contribution in [3.63, 3.8) is 0 Å². The van der Waals surface area contributed by atoms with Gasteiger partial charge in [-0.1, -0.05) is 13.8 Å². The molecule has 0 atom stereocenters. The fraction of sp³-hybridized carbons (Fsp3) is 0.484. The molecule has 0 spiro atoms. The fourth-order valence-electron chi connectivity index (χ4n) is 6.72. The molecule has 0 amide bonds. The average Bonchev–Trinajstić information content (AvgIpc) is 3.19. The molecule has 0 radical (unpaired) electrons. The van der Waals surface area contributed by atoms with Crippen molar-refractivity contribution >= 4 is 21.8 Å². The molecule has 4 aromatic rings. The van der Waals surface area contributed by atoms with Crippen LogP contribution in [0.1, 0.15) is 80.9 Å². The molecular weight excluding hydrogens is 400 g/mol. The Morgan fingerprint density at radius 3 is 1.00 bits per heavy atom. The molecule has 2 aromatic heterocycles. The summed E-state index contributed by atoms with van der Waals surface area (Å²) in [6.45, 7) is 27.9. The molecule has 2 aromatic carbocycles. The van der Waals surface area contributed by atoms with E-state index in [9.17, 15) is 0 Å². The zero-order valence-electron chi connectivity index (χ0n) is 23.4. The summed E-state index contributed by atoms with van der Waals surface area (Å²) in [5.74, 6) is 0. The minimum absolute atomic E-state index is 0.134. The van der Waals surface area contributed by atoms with Gasteiger partial charge >= 0.3 is 0 Å². The van der Waals surface area contributed by atoms with Crippen molar-refractivity contribution in [2.45, 2.75) is 88.5 Å². The maximum absolute atomic E-state index is 2.45. The summed E-state index contributed by atoms with van der Waals surface area (Å²) >= 11 is 0. The van der Waals surface area contributed by atoms with Crippen LogP contribution in [0.3, 0.4) is 0 Å². The molecule has 2 heteroatoms. The first-order valence-corrected chi connectivity index (χ1v) is 12.3. The summed E-state index contributed by atoms with van der Waals surface area (Å²) < 4.78 is 4.88. The maximum atomic E-state index is 2.45. The largest absolute Gasteiger partial charge is 0.347 e. The Hall–Kier alpha value is -2.48. The van der Waals surface area contributed by atoms with Crippen LogP contribution in [0.2, 0.25) is 0 Å². The molecule has 0 saturated heterocycles. The molecule has 0 aliphatic heterocycles. The van der Waals surface area contributed by atoms with E-state index in [1.165, 1.54) is 88.8 Å². The predicted octanol–water partition coefficient (Wildman–Crippen LogP) is 8.08. The van der Waals surface area contributed by atoms with Gasteiger partial charge in [-0.3, -0.25) is 0 Å². The second-order valence-electron chi connectivity index (χ2n) is 11.1. The number of fused-ring (bicyclic) bond motifs is 2. The number of hydrogen-bond acceptors (Lipinski definition) is 0. The molecule has 2 nitrogen and oxygen atoms in total. The van der Waals surface area contributed by atoms with Gasteiger partial charge < -0.3 is 9.13 Å². The first-order valence-electron chi connectivity index (χ1n) is 12.3. The van der Waals surface area contributed by atoms with E-state index < -0.39 is 0 Å². The lowest BCUT2D eigenvalue weighted by Gasteiger charge is -2.29. The monoisotopic (exact) mass is 442 g/mol. The SMILES string of the molecule is Cc1c(C)c(C)c2c(c1C)c(C(C)(C)c1c(C)n(C)c3c(C)c(C)c(C)c(C)c13)c(C)n2C. The van der Waals surface area contributed by atoms with Crippen LogP contribution in [0.5, 0.6) is 0 Å². The number of hydrogen-bond donors (Lipinski definition) is 0. The molecule has 33 heavy (non-hydrogen) atoms. The summed E-state index contributed by atoms with van der Waals surface area (Å²) in [4.78, 5) is 0. The van der Waals surface area contributed by atoms with Crippen molar-refractivity contribution in [3.05, 3.63) is 67.0 Å². The molecule has 0 aliphatic carbocycles. The lowest BCUT2D eigenvalue weighted by Crippen LogP contribution is -2.22. The van der Waals surface area contributed by atoms with Crippen LogP contribution >= 0.6 is 0 Å². The molecule has 4 rings (SSSR count). The van der Waals surface area contributed by atoms with Crippen molar-refractivity contribution in [1.82, 2.24) is 9.13 Å². The van der Waals surface area contributed by atoms with Gasteiger partial charge in [0.15, 0.2) is 0 Å². The first kappa shape index (κ1) is 23.7. The van der Waals surface area contributed by atoms with E-state index in [1.807, 2.05) is 0 Å². The van der Waals surface area contributed by atoms with E-state index in [2.05, 4.69) is 106 Å². The van der Waals surface area contributed by atoms with Crippen LogP contribution < -0.4 is 0 Å². The third-order valence-corrected chi connectivity index (χ3v) is 9.46. The van der Waals surface area contributed by atoms with Crippen molar-refractivity contribution in [1.29, 1.82) is 0 Å². The minimum atomic E-state index is -0.134. The molecule has 0 unspecified atom stereocenters. The lowest BCUT2D eigenvalue weighted by molar-refractivity contribution is 0.631. The standard InChI is InChI=1S/C31H42N2/c1-15-17(3)21(7)29-25(19(15)5)27(23(9)32(29)13)31(11,12)28-24(10)33(14)30-22(8)18(4)16(2)20(6)26(28)30/h1-14H3. The van der Waals surface area contributed by atoms with Crippen molar-refractivity contribution in [3.8, 4) is 0 Å². The van der Waals surface area contributed by atoms with Crippen LogP contribution in [0.4, 0.5) is 0 Å². The average molecular weight is 443 g/mol. The predicted molar refractivity (Wildman–Crippen MR) is 145 cm³/mol. The van der Waals surface area contributed by atoms with Crippen molar-refractivity contribution in [2.75, 3.05) is 0 Å². The van der Waals surface area contributed by atoms with Crippen molar-refractivity contribution < 1.29 is 0 Å². The fourth-order valence-corrected chi connectivity index (χ4v) is 6.72. The molecule has 0 aliphatic rings. The molecule has 176 valence electrons. The van der Waals surface area contributed by atoms with Gasteiger partial charge in [0.05, 0.1) is 11.0 Å². The third-order valence-electron chi connectivity index (χ3n) is 9.46. The Labute approximate surface area is 200 Å². The number of nitrogens with zero attached hydrogens (tertiary/aromatic N) is 2. The van der Waals surface area contributed by atoms with Crippen LogP contribution in [-0.4, -0.2) is 9.13 Å². The highest BCUT2D eigenvalue weighted by molar-refractivity contribution is 5.98. The van der Waals surface area contributed by atoms with Crippen LogP contribution in [0.15, 0.2) is 0 Å². The van der Waals surface area contributed by atoms with Gasteiger partial charge in [-0.2, -0.15) is 0 Å². The highest BCUT2D eigenvalue weighted by Crippen LogP contribution is 2.48. The van der Waals surface area contributed by atoms with E-state index in [1.54, 1.807) is 0 Å². The Bertz CT molecular complexity index is 1370. The summed E-state index contributed by atoms with van der Waals surface area (Å²) in [7, 11) is 4.49. The minimum Gasteiger partial charge on any atom is -0.347 e. The summed E-state index contributed by atoms with van der Waals surface area (Å²) in [6.07, 6.45) is 0. The van der Waals surface area contributed by atoms with Gasteiger partial charge in [0.2, 0.25) is 0 Å². The zero-order chi connectivity index (χ0) is 24.9. The number of benzene rings is 2.